The van der Waals surface area contributed by atoms with Crippen molar-refractivity contribution in [1.82, 2.24) is 15.3 Å². The van der Waals surface area contributed by atoms with E-state index in [9.17, 15) is 14.9 Å². The van der Waals surface area contributed by atoms with Crippen LogP contribution in [0, 0.1) is 11.3 Å². The molecule has 1 aliphatic carbocycles. The Morgan fingerprint density at radius 3 is 3.00 bits per heavy atom. The Kier molecular flexibility index (Phi) is 4.68. The summed E-state index contributed by atoms with van der Waals surface area (Å²) < 4.78 is 0. The van der Waals surface area contributed by atoms with Gasteiger partial charge in [0, 0.05) is 0 Å². The Morgan fingerprint density at radius 1 is 1.48 bits per heavy atom. The largest absolute Gasteiger partial charge is 0.337 e. The second kappa shape index (κ2) is 6.72. The zero-order valence-corrected chi connectivity index (χ0v) is 14.1. The van der Waals surface area contributed by atoms with E-state index in [0.717, 1.165) is 19.3 Å². The Hall–Kier alpha value is -1.85. The average molecular weight is 348 g/mol. The minimum absolute atomic E-state index is 0.128. The number of hydrogen-bond donors (Lipinski definition) is 2. The molecule has 0 saturated heterocycles. The number of aromatic nitrogens is 2. The number of nitriles is 1. The molecule has 0 atom stereocenters. The number of thioether (sulfide) groups is 1. The number of carbonyl (C=O) groups excluding carboxylic acids is 1. The van der Waals surface area contributed by atoms with Crippen molar-refractivity contribution < 1.29 is 4.79 Å². The average Bonchev–Trinajstić information content (AvgIpc) is 3.03. The molecular weight excluding hydrogens is 332 g/mol. The third-order valence-electron chi connectivity index (χ3n) is 3.95. The molecule has 6 nitrogen and oxygen atoms in total. The molecule has 120 valence electrons. The van der Waals surface area contributed by atoms with Crippen LogP contribution in [0.4, 0.5) is 0 Å². The van der Waals surface area contributed by atoms with E-state index < -0.39 is 5.54 Å². The summed E-state index contributed by atoms with van der Waals surface area (Å²) in [7, 11) is 0. The molecule has 1 fully saturated rings. The van der Waals surface area contributed by atoms with Crippen molar-refractivity contribution >= 4 is 39.2 Å². The van der Waals surface area contributed by atoms with Gasteiger partial charge in [-0.15, -0.1) is 11.3 Å². The van der Waals surface area contributed by atoms with Crippen molar-refractivity contribution in [2.75, 3.05) is 5.75 Å². The molecule has 2 N–H and O–H groups in total. The predicted molar refractivity (Wildman–Crippen MR) is 90.5 cm³/mol. The summed E-state index contributed by atoms with van der Waals surface area (Å²) in [5, 5.41) is 15.0. The number of carbonyl (C=O) groups is 1. The first-order chi connectivity index (χ1) is 11.1. The number of thiophene rings is 1. The van der Waals surface area contributed by atoms with E-state index in [0.29, 0.717) is 28.2 Å². The van der Waals surface area contributed by atoms with Crippen LogP contribution in [0.3, 0.4) is 0 Å². The Bertz CT molecular complexity index is 815. The van der Waals surface area contributed by atoms with E-state index in [1.54, 1.807) is 6.07 Å². The highest BCUT2D eigenvalue weighted by Gasteiger charge is 2.33. The lowest BCUT2D eigenvalue weighted by Gasteiger charge is -2.31. The second-order valence-corrected chi connectivity index (χ2v) is 7.46. The van der Waals surface area contributed by atoms with Gasteiger partial charge in [-0.2, -0.15) is 5.26 Å². The van der Waals surface area contributed by atoms with Gasteiger partial charge in [0.2, 0.25) is 5.91 Å². The lowest BCUT2D eigenvalue weighted by molar-refractivity contribution is -0.120. The molecular formula is C15H16N4O2S2. The zero-order valence-electron chi connectivity index (χ0n) is 12.4. The fraction of sp³-hybridized carbons (Fsp3) is 0.467. The van der Waals surface area contributed by atoms with Crippen molar-refractivity contribution in [1.29, 1.82) is 5.26 Å². The van der Waals surface area contributed by atoms with Gasteiger partial charge in [0.15, 0.2) is 5.16 Å². The smallest absolute Gasteiger partial charge is 0.260 e. The zero-order chi connectivity index (χ0) is 16.3. The summed E-state index contributed by atoms with van der Waals surface area (Å²) in [5.74, 6) is -0.0733. The molecule has 0 aromatic carbocycles. The monoisotopic (exact) mass is 348 g/mol. The summed E-state index contributed by atoms with van der Waals surface area (Å²) in [6.07, 6.45) is 4.45. The minimum atomic E-state index is -0.728. The van der Waals surface area contributed by atoms with Crippen molar-refractivity contribution in [3.05, 3.63) is 21.8 Å². The third-order valence-corrected chi connectivity index (χ3v) is 5.63. The molecule has 2 aromatic rings. The van der Waals surface area contributed by atoms with Crippen LogP contribution in [0.2, 0.25) is 0 Å². The maximum atomic E-state index is 12.1. The van der Waals surface area contributed by atoms with E-state index >= 15 is 0 Å². The van der Waals surface area contributed by atoms with E-state index in [2.05, 4.69) is 21.4 Å². The molecule has 1 amide bonds. The van der Waals surface area contributed by atoms with Gasteiger partial charge in [-0.3, -0.25) is 9.59 Å². The molecule has 8 heteroatoms. The minimum Gasteiger partial charge on any atom is -0.337 e. The SMILES string of the molecule is N#CC1(NC(=O)CSc2nc3sccc3c(=O)[nH]2)CCCCC1. The number of nitrogens with one attached hydrogen (secondary N) is 2. The van der Waals surface area contributed by atoms with Gasteiger partial charge >= 0.3 is 0 Å². The predicted octanol–water partition coefficient (Wildman–Crippen LogP) is 2.42. The Morgan fingerprint density at radius 2 is 2.26 bits per heavy atom. The van der Waals surface area contributed by atoms with Crippen LogP contribution in [-0.2, 0) is 4.79 Å². The maximum absolute atomic E-state index is 12.1. The van der Waals surface area contributed by atoms with Gasteiger partial charge < -0.3 is 10.3 Å². The van der Waals surface area contributed by atoms with E-state index in [-0.39, 0.29) is 17.2 Å². The molecule has 2 heterocycles. The van der Waals surface area contributed by atoms with Crippen LogP contribution in [0.5, 0.6) is 0 Å². The normalized spacial score (nSPS) is 16.8. The molecule has 0 bridgehead atoms. The van der Waals surface area contributed by atoms with Gasteiger partial charge in [0.05, 0.1) is 17.2 Å². The molecule has 3 rings (SSSR count). The number of fused-ring (bicyclic) bond motifs is 1. The van der Waals surface area contributed by atoms with E-state index in [1.807, 2.05) is 5.38 Å². The van der Waals surface area contributed by atoms with E-state index in [1.165, 1.54) is 23.1 Å². The molecule has 2 aromatic heterocycles. The van der Waals surface area contributed by atoms with Crippen molar-refractivity contribution in [3.8, 4) is 6.07 Å². The van der Waals surface area contributed by atoms with Crippen molar-refractivity contribution in [2.45, 2.75) is 42.8 Å². The summed E-state index contributed by atoms with van der Waals surface area (Å²) in [4.78, 5) is 31.7. The van der Waals surface area contributed by atoms with Crippen LogP contribution < -0.4 is 10.9 Å². The summed E-state index contributed by atoms with van der Waals surface area (Å²) in [6, 6.07) is 3.99. The first-order valence-corrected chi connectivity index (χ1v) is 9.31. The highest BCUT2D eigenvalue weighted by Crippen LogP contribution is 2.27. The quantitative estimate of drug-likeness (QED) is 0.653. The lowest BCUT2D eigenvalue weighted by atomic mass is 9.83. The number of rotatable bonds is 4. The summed E-state index contributed by atoms with van der Waals surface area (Å²) >= 11 is 2.57. The van der Waals surface area contributed by atoms with E-state index in [4.69, 9.17) is 0 Å². The number of hydrogen-bond acceptors (Lipinski definition) is 6. The molecule has 23 heavy (non-hydrogen) atoms. The van der Waals surface area contributed by atoms with Gasteiger partial charge in [0.1, 0.15) is 10.4 Å². The Labute approximate surface area is 141 Å². The van der Waals surface area contributed by atoms with Crippen LogP contribution in [-0.4, -0.2) is 27.2 Å². The van der Waals surface area contributed by atoms with Crippen LogP contribution >= 0.6 is 23.1 Å². The van der Waals surface area contributed by atoms with Gasteiger partial charge in [-0.25, -0.2) is 4.98 Å². The molecule has 0 unspecified atom stereocenters. The van der Waals surface area contributed by atoms with Crippen LogP contribution in [0.1, 0.15) is 32.1 Å². The Balaban J connectivity index is 1.64. The lowest BCUT2D eigenvalue weighted by Crippen LogP contribution is -2.49. The van der Waals surface area contributed by atoms with Gasteiger partial charge in [-0.1, -0.05) is 31.0 Å². The fourth-order valence-electron chi connectivity index (χ4n) is 2.77. The van der Waals surface area contributed by atoms with Gasteiger partial charge in [0.25, 0.3) is 5.56 Å². The molecule has 0 aliphatic heterocycles. The molecule has 0 radical (unpaired) electrons. The highest BCUT2D eigenvalue weighted by molar-refractivity contribution is 7.99. The van der Waals surface area contributed by atoms with Crippen molar-refractivity contribution in [2.24, 2.45) is 0 Å². The summed E-state index contributed by atoms with van der Waals surface area (Å²) in [6.45, 7) is 0. The topological polar surface area (TPSA) is 98.6 Å². The second-order valence-electron chi connectivity index (χ2n) is 5.60. The van der Waals surface area contributed by atoms with Crippen molar-refractivity contribution in [3.63, 3.8) is 0 Å². The number of H-pyrrole nitrogens is 1. The number of amides is 1. The first-order valence-electron chi connectivity index (χ1n) is 7.44. The maximum Gasteiger partial charge on any atom is 0.260 e. The van der Waals surface area contributed by atoms with Crippen LogP contribution in [0.25, 0.3) is 10.2 Å². The molecule has 1 aliphatic rings. The number of aromatic amines is 1. The van der Waals surface area contributed by atoms with Gasteiger partial charge in [-0.05, 0) is 24.3 Å². The summed E-state index contributed by atoms with van der Waals surface area (Å²) in [5.41, 5.74) is -0.922. The standard InChI is InChI=1S/C15H16N4O2S2/c16-9-15(5-2-1-3-6-15)19-11(20)8-23-14-17-12(21)10-4-7-22-13(10)18-14/h4,7H,1-3,5-6,8H2,(H,19,20)(H,17,18,21). The fourth-order valence-corrected chi connectivity index (χ4v) is 4.25. The third kappa shape index (κ3) is 3.57. The molecule has 0 spiro atoms. The highest BCUT2D eigenvalue weighted by atomic mass is 32.2. The molecule has 1 saturated carbocycles. The first kappa shape index (κ1) is 16.0. The van der Waals surface area contributed by atoms with Crippen LogP contribution in [0.15, 0.2) is 21.4 Å². The number of nitrogens with zero attached hydrogens (tertiary/aromatic N) is 2.